The van der Waals surface area contributed by atoms with E-state index in [0.29, 0.717) is 0 Å². The molecule has 0 radical (unpaired) electrons. The largest absolute Gasteiger partial charge is 1.00 e. The predicted octanol–water partition coefficient (Wildman–Crippen LogP) is 2.03. The van der Waals surface area contributed by atoms with Crippen LogP contribution in [0.1, 0.15) is 0 Å². The molecule has 58 valence electrons. The summed E-state index contributed by atoms with van der Waals surface area (Å²) in [5, 5.41) is 1.14. The zero-order valence-corrected chi connectivity index (χ0v) is 6.65. The summed E-state index contributed by atoms with van der Waals surface area (Å²) in [5.41, 5.74) is 0.935. The fourth-order valence-electron chi connectivity index (χ4n) is 0.952. The van der Waals surface area contributed by atoms with Gasteiger partial charge < -0.3 is 0 Å². The summed E-state index contributed by atoms with van der Waals surface area (Å²) in [6.45, 7) is 0. The topological polar surface area (TPSA) is 12.9 Å². The summed E-state index contributed by atoms with van der Waals surface area (Å²) in [6, 6.07) is 12.9. The van der Waals surface area contributed by atoms with Gasteiger partial charge in [0.15, 0.2) is 0 Å². The number of pyridine rings is 1. The van der Waals surface area contributed by atoms with Crippen LogP contribution < -0.4 is 0 Å². The summed E-state index contributed by atoms with van der Waals surface area (Å²) in [7, 11) is 0. The molecule has 0 saturated heterocycles. The van der Waals surface area contributed by atoms with Crippen LogP contribution in [-0.4, -0.2) is 4.98 Å². The van der Waals surface area contributed by atoms with E-state index in [1.165, 1.54) is 0 Å². The molecule has 2 heteroatoms. The molecule has 1 heterocycles. The molecule has 0 bridgehead atoms. The van der Waals surface area contributed by atoms with Crippen molar-refractivity contribution in [1.82, 2.24) is 4.98 Å². The summed E-state index contributed by atoms with van der Waals surface area (Å²) in [4.78, 5) is 4.13. The first kappa shape index (κ1) is 8.25. The molecular formula is C9H6CuN. The number of nitrogens with zero attached hydrogens (tertiary/aromatic N) is 1. The van der Waals surface area contributed by atoms with Crippen LogP contribution in [-0.2, 0) is 17.1 Å². The van der Waals surface area contributed by atoms with Crippen molar-refractivity contribution in [2.75, 3.05) is 0 Å². The Morgan fingerprint density at radius 1 is 1.18 bits per heavy atom. The van der Waals surface area contributed by atoms with Gasteiger partial charge in [-0.1, -0.05) is 6.07 Å². The van der Waals surface area contributed by atoms with Crippen molar-refractivity contribution in [3.05, 3.63) is 42.6 Å². The molecule has 1 aromatic carbocycles. The molecule has 0 spiro atoms. The zero-order valence-electron chi connectivity index (χ0n) is 5.71. The molecule has 0 aliphatic rings. The van der Waals surface area contributed by atoms with E-state index in [-0.39, 0.29) is 17.1 Å². The van der Waals surface area contributed by atoms with Gasteiger partial charge in [0.25, 0.3) is 0 Å². The minimum atomic E-state index is 0. The van der Waals surface area contributed by atoms with Crippen LogP contribution in [0.4, 0.5) is 0 Å². The van der Waals surface area contributed by atoms with Gasteiger partial charge in [-0.05, 0) is 5.52 Å². The Hall–Kier alpha value is -0.851. The quantitative estimate of drug-likeness (QED) is 0.459. The van der Waals surface area contributed by atoms with Crippen LogP contribution in [0, 0.1) is 6.07 Å². The van der Waals surface area contributed by atoms with Gasteiger partial charge in [0.2, 0.25) is 0 Å². The number of para-hydroxylation sites is 1. The molecule has 0 atom stereocenters. The Labute approximate surface area is 75.9 Å². The molecule has 2 rings (SSSR count). The van der Waals surface area contributed by atoms with Gasteiger partial charge in [-0.3, -0.25) is 4.98 Å². The second-order valence-electron chi connectivity index (χ2n) is 2.11. The van der Waals surface area contributed by atoms with E-state index in [4.69, 9.17) is 0 Å². The monoisotopic (exact) mass is 191 g/mol. The smallest absolute Gasteiger partial charge is 0.283 e. The van der Waals surface area contributed by atoms with Crippen molar-refractivity contribution in [3.8, 4) is 0 Å². The van der Waals surface area contributed by atoms with Crippen LogP contribution in [0.15, 0.2) is 36.5 Å². The van der Waals surface area contributed by atoms with Gasteiger partial charge in [0.05, 0.1) is 0 Å². The van der Waals surface area contributed by atoms with E-state index >= 15 is 0 Å². The Morgan fingerprint density at radius 3 is 2.82 bits per heavy atom. The van der Waals surface area contributed by atoms with E-state index in [9.17, 15) is 0 Å². The van der Waals surface area contributed by atoms with Crippen LogP contribution in [0.5, 0.6) is 0 Å². The number of hydrogen-bond donors (Lipinski definition) is 0. The standard InChI is InChI=1S/C9H6N.Cu/c1-2-6-9-8(4-1)5-3-7-10-9;/h1-5,7H;/q-1;+1. The van der Waals surface area contributed by atoms with Crippen LogP contribution in [0.2, 0.25) is 0 Å². The van der Waals surface area contributed by atoms with Gasteiger partial charge in [0, 0.05) is 6.20 Å². The third-order valence-electron chi connectivity index (χ3n) is 1.43. The first-order valence-corrected chi connectivity index (χ1v) is 3.18. The molecular weight excluding hydrogens is 186 g/mol. The summed E-state index contributed by atoms with van der Waals surface area (Å²) in [5.74, 6) is 0. The minimum Gasteiger partial charge on any atom is -0.283 e. The Bertz CT molecular complexity index is 281. The maximum Gasteiger partial charge on any atom is 1.00 e. The Morgan fingerprint density at radius 2 is 2.00 bits per heavy atom. The van der Waals surface area contributed by atoms with E-state index in [0.717, 1.165) is 10.9 Å². The van der Waals surface area contributed by atoms with Crippen LogP contribution in [0.25, 0.3) is 10.9 Å². The number of benzene rings is 1. The molecule has 0 fully saturated rings. The van der Waals surface area contributed by atoms with Crippen molar-refractivity contribution in [3.63, 3.8) is 0 Å². The summed E-state index contributed by atoms with van der Waals surface area (Å²) in [6.07, 6.45) is 1.78. The molecule has 2 aromatic rings. The third kappa shape index (κ3) is 1.59. The average molecular weight is 192 g/mol. The number of fused-ring (bicyclic) bond motifs is 1. The van der Waals surface area contributed by atoms with Crippen LogP contribution >= 0.6 is 0 Å². The van der Waals surface area contributed by atoms with E-state index < -0.39 is 0 Å². The molecule has 11 heavy (non-hydrogen) atoms. The van der Waals surface area contributed by atoms with Crippen LogP contribution in [0.3, 0.4) is 0 Å². The van der Waals surface area contributed by atoms with E-state index in [2.05, 4.69) is 11.1 Å². The fraction of sp³-hybridized carbons (Fsp3) is 0. The Balaban J connectivity index is 0.000000605. The zero-order chi connectivity index (χ0) is 6.81. The Kier molecular flexibility index (Phi) is 2.64. The van der Waals surface area contributed by atoms with E-state index in [1.807, 2.05) is 30.3 Å². The van der Waals surface area contributed by atoms with Crippen molar-refractivity contribution >= 4 is 10.9 Å². The fourth-order valence-corrected chi connectivity index (χ4v) is 0.952. The number of hydrogen-bond acceptors (Lipinski definition) is 1. The molecule has 0 unspecified atom stereocenters. The number of rotatable bonds is 0. The van der Waals surface area contributed by atoms with Crippen molar-refractivity contribution in [2.24, 2.45) is 0 Å². The van der Waals surface area contributed by atoms with Gasteiger partial charge in [0.1, 0.15) is 0 Å². The summed E-state index contributed by atoms with van der Waals surface area (Å²) < 4.78 is 0. The molecule has 0 aliphatic carbocycles. The summed E-state index contributed by atoms with van der Waals surface area (Å²) >= 11 is 0. The predicted molar refractivity (Wildman–Crippen MR) is 40.6 cm³/mol. The van der Waals surface area contributed by atoms with Gasteiger partial charge in [-0.2, -0.15) is 24.3 Å². The van der Waals surface area contributed by atoms with Crippen molar-refractivity contribution in [2.45, 2.75) is 0 Å². The molecule has 1 nitrogen and oxygen atoms in total. The van der Waals surface area contributed by atoms with Crippen molar-refractivity contribution in [1.29, 1.82) is 0 Å². The van der Waals surface area contributed by atoms with Gasteiger partial charge in [-0.15, -0.1) is 11.5 Å². The van der Waals surface area contributed by atoms with E-state index in [1.54, 1.807) is 6.20 Å². The SMILES string of the molecule is [Cu+].[c-]1cccc2cccnc12. The van der Waals surface area contributed by atoms with Gasteiger partial charge in [-0.25, -0.2) is 0 Å². The molecule has 0 aliphatic heterocycles. The molecule has 1 aromatic heterocycles. The maximum atomic E-state index is 4.13. The first-order chi connectivity index (χ1) is 4.97. The van der Waals surface area contributed by atoms with Gasteiger partial charge >= 0.3 is 17.1 Å². The minimum absolute atomic E-state index is 0. The second-order valence-corrected chi connectivity index (χ2v) is 2.11. The second kappa shape index (κ2) is 3.51. The maximum absolute atomic E-state index is 4.13. The molecule has 0 N–H and O–H groups in total. The normalized spacial score (nSPS) is 9.09. The molecule has 0 amide bonds. The first-order valence-electron chi connectivity index (χ1n) is 3.18. The average Bonchev–Trinajstić information content (AvgIpc) is 2.05. The third-order valence-corrected chi connectivity index (χ3v) is 1.43. The number of aromatic nitrogens is 1. The van der Waals surface area contributed by atoms with Crippen molar-refractivity contribution < 1.29 is 17.1 Å². The molecule has 0 saturated carbocycles.